The van der Waals surface area contributed by atoms with Gasteiger partial charge >= 0.3 is 5.63 Å². The van der Waals surface area contributed by atoms with Gasteiger partial charge in [0.1, 0.15) is 11.3 Å². The monoisotopic (exact) mass is 377 g/mol. The van der Waals surface area contributed by atoms with Gasteiger partial charge in [-0.05, 0) is 80.5 Å². The molecule has 1 N–H and O–H groups in total. The molecule has 3 aromatic rings. The average molecular weight is 377 g/mol. The van der Waals surface area contributed by atoms with Crippen molar-refractivity contribution in [1.82, 2.24) is 0 Å². The third kappa shape index (κ3) is 3.79. The zero-order chi connectivity index (χ0) is 19.7. The number of aryl methyl sites for hydroxylation is 3. The molecule has 0 spiro atoms. The van der Waals surface area contributed by atoms with Crippen LogP contribution in [0.2, 0.25) is 0 Å². The largest absolute Gasteiger partial charge is 0.484 e. The first-order valence-electron chi connectivity index (χ1n) is 9.59. The van der Waals surface area contributed by atoms with Crippen molar-refractivity contribution in [3.63, 3.8) is 0 Å². The summed E-state index contributed by atoms with van der Waals surface area (Å²) in [4.78, 5) is 24.4. The number of anilines is 1. The predicted octanol–water partition coefficient (Wildman–Crippen LogP) is 4.31. The highest BCUT2D eigenvalue weighted by Gasteiger charge is 2.18. The van der Waals surface area contributed by atoms with Crippen LogP contribution in [0.3, 0.4) is 0 Å². The average Bonchev–Trinajstić information content (AvgIpc) is 2.65. The number of hydrogen-bond donors (Lipinski definition) is 1. The molecule has 0 aliphatic heterocycles. The maximum Gasteiger partial charge on any atom is 0.339 e. The Kier molecular flexibility index (Phi) is 4.90. The van der Waals surface area contributed by atoms with Crippen LogP contribution in [0, 0.1) is 13.8 Å². The minimum Gasteiger partial charge on any atom is -0.484 e. The van der Waals surface area contributed by atoms with Crippen LogP contribution in [0.15, 0.2) is 45.6 Å². The molecule has 28 heavy (non-hydrogen) atoms. The highest BCUT2D eigenvalue weighted by atomic mass is 16.5. The van der Waals surface area contributed by atoms with Gasteiger partial charge in [-0.3, -0.25) is 4.79 Å². The fourth-order valence-electron chi connectivity index (χ4n) is 3.91. The second kappa shape index (κ2) is 7.50. The van der Waals surface area contributed by atoms with Crippen molar-refractivity contribution in [2.45, 2.75) is 39.5 Å². The van der Waals surface area contributed by atoms with E-state index in [1.807, 2.05) is 44.2 Å². The zero-order valence-corrected chi connectivity index (χ0v) is 16.1. The Labute approximate surface area is 163 Å². The van der Waals surface area contributed by atoms with E-state index in [0.717, 1.165) is 59.0 Å². The first-order valence-corrected chi connectivity index (χ1v) is 9.59. The fraction of sp³-hybridized carbons (Fsp3) is 0.304. The molecule has 1 heterocycles. The van der Waals surface area contributed by atoms with Gasteiger partial charge in [-0.25, -0.2) is 4.79 Å². The van der Waals surface area contributed by atoms with E-state index in [1.54, 1.807) is 6.07 Å². The smallest absolute Gasteiger partial charge is 0.339 e. The minimum atomic E-state index is -0.257. The number of benzene rings is 2. The molecule has 0 unspecified atom stereocenters. The SMILES string of the molecule is Cc1cc(C)cc(NC(=O)COc2ccc3c4c(c(=O)oc3c2)CCCC4)c1. The molecular weight excluding hydrogens is 354 g/mol. The second-order valence-corrected chi connectivity index (χ2v) is 7.42. The summed E-state index contributed by atoms with van der Waals surface area (Å²) in [5, 5.41) is 3.80. The number of rotatable bonds is 4. The van der Waals surface area contributed by atoms with Crippen molar-refractivity contribution in [3.05, 3.63) is 69.1 Å². The first-order chi connectivity index (χ1) is 13.5. The second-order valence-electron chi connectivity index (χ2n) is 7.42. The summed E-state index contributed by atoms with van der Waals surface area (Å²) in [6, 6.07) is 11.3. The van der Waals surface area contributed by atoms with E-state index in [4.69, 9.17) is 9.15 Å². The Morgan fingerprint density at radius 1 is 1.04 bits per heavy atom. The van der Waals surface area contributed by atoms with Gasteiger partial charge < -0.3 is 14.5 Å². The summed E-state index contributed by atoms with van der Waals surface area (Å²) < 4.78 is 11.1. The molecule has 0 radical (unpaired) electrons. The summed E-state index contributed by atoms with van der Waals surface area (Å²) >= 11 is 0. The van der Waals surface area contributed by atoms with Crippen LogP contribution in [-0.4, -0.2) is 12.5 Å². The van der Waals surface area contributed by atoms with Gasteiger partial charge in [-0.2, -0.15) is 0 Å². The lowest BCUT2D eigenvalue weighted by Gasteiger charge is -2.16. The Balaban J connectivity index is 1.49. The third-order valence-corrected chi connectivity index (χ3v) is 5.07. The van der Waals surface area contributed by atoms with E-state index in [2.05, 4.69) is 5.32 Å². The van der Waals surface area contributed by atoms with Gasteiger partial charge in [0.25, 0.3) is 5.91 Å². The molecule has 2 aromatic carbocycles. The molecule has 0 saturated heterocycles. The highest BCUT2D eigenvalue weighted by molar-refractivity contribution is 5.92. The molecule has 1 aliphatic carbocycles. The molecule has 1 aliphatic rings. The number of hydrogen-bond acceptors (Lipinski definition) is 4. The quantitative estimate of drug-likeness (QED) is 0.688. The van der Waals surface area contributed by atoms with Gasteiger partial charge in [0.05, 0.1) is 0 Å². The molecule has 0 fully saturated rings. The normalized spacial score (nSPS) is 13.2. The molecule has 0 bridgehead atoms. The topological polar surface area (TPSA) is 68.5 Å². The van der Waals surface area contributed by atoms with Crippen molar-refractivity contribution >= 4 is 22.6 Å². The molecule has 5 nitrogen and oxygen atoms in total. The van der Waals surface area contributed by atoms with Gasteiger partial charge in [0.2, 0.25) is 0 Å². The van der Waals surface area contributed by atoms with Crippen LogP contribution in [0.25, 0.3) is 11.0 Å². The predicted molar refractivity (Wildman–Crippen MR) is 109 cm³/mol. The molecule has 0 saturated carbocycles. The van der Waals surface area contributed by atoms with Crippen LogP contribution in [0.4, 0.5) is 5.69 Å². The van der Waals surface area contributed by atoms with Crippen LogP contribution >= 0.6 is 0 Å². The molecule has 144 valence electrons. The lowest BCUT2D eigenvalue weighted by molar-refractivity contribution is -0.118. The molecule has 4 rings (SSSR count). The molecule has 1 amide bonds. The van der Waals surface area contributed by atoms with E-state index in [1.165, 1.54) is 0 Å². The summed E-state index contributed by atoms with van der Waals surface area (Å²) in [5.41, 5.74) is 5.08. The molecule has 5 heteroatoms. The minimum absolute atomic E-state index is 0.117. The summed E-state index contributed by atoms with van der Waals surface area (Å²) in [5.74, 6) is 0.263. The maximum absolute atomic E-state index is 12.2. The Morgan fingerprint density at radius 2 is 1.75 bits per heavy atom. The van der Waals surface area contributed by atoms with E-state index < -0.39 is 0 Å². The van der Waals surface area contributed by atoms with Gasteiger partial charge in [0, 0.05) is 22.7 Å². The van der Waals surface area contributed by atoms with Crippen molar-refractivity contribution in [1.29, 1.82) is 0 Å². The van der Waals surface area contributed by atoms with E-state index in [-0.39, 0.29) is 18.1 Å². The Morgan fingerprint density at radius 3 is 2.50 bits per heavy atom. The van der Waals surface area contributed by atoms with Crippen molar-refractivity contribution < 1.29 is 13.9 Å². The summed E-state index contributed by atoms with van der Waals surface area (Å²) in [7, 11) is 0. The Bertz CT molecular complexity index is 1090. The number of nitrogens with one attached hydrogen (secondary N) is 1. The molecule has 1 aromatic heterocycles. The number of carbonyl (C=O) groups is 1. The highest BCUT2D eigenvalue weighted by Crippen LogP contribution is 2.29. The van der Waals surface area contributed by atoms with E-state index in [9.17, 15) is 9.59 Å². The zero-order valence-electron chi connectivity index (χ0n) is 16.1. The third-order valence-electron chi connectivity index (χ3n) is 5.07. The van der Waals surface area contributed by atoms with Crippen molar-refractivity contribution in [2.24, 2.45) is 0 Å². The van der Waals surface area contributed by atoms with E-state index >= 15 is 0 Å². The Hall–Kier alpha value is -3.08. The summed E-state index contributed by atoms with van der Waals surface area (Å²) in [6.45, 7) is 3.86. The van der Waals surface area contributed by atoms with Gasteiger partial charge in [-0.15, -0.1) is 0 Å². The lowest BCUT2D eigenvalue weighted by Crippen LogP contribution is -2.20. The number of carbonyl (C=O) groups excluding carboxylic acids is 1. The number of ether oxygens (including phenoxy) is 1. The van der Waals surface area contributed by atoms with E-state index in [0.29, 0.717) is 11.3 Å². The molecular formula is C23H23NO4. The van der Waals surface area contributed by atoms with Crippen LogP contribution in [0.5, 0.6) is 5.75 Å². The van der Waals surface area contributed by atoms with Crippen LogP contribution in [-0.2, 0) is 17.6 Å². The number of amides is 1. The number of fused-ring (bicyclic) bond motifs is 3. The van der Waals surface area contributed by atoms with Crippen LogP contribution < -0.4 is 15.7 Å². The van der Waals surface area contributed by atoms with Gasteiger partial charge in [0.15, 0.2) is 6.61 Å². The van der Waals surface area contributed by atoms with Crippen LogP contribution in [0.1, 0.15) is 35.1 Å². The lowest BCUT2D eigenvalue weighted by atomic mass is 9.91. The van der Waals surface area contributed by atoms with Crippen molar-refractivity contribution in [3.8, 4) is 5.75 Å². The van der Waals surface area contributed by atoms with Gasteiger partial charge in [-0.1, -0.05) is 6.07 Å². The maximum atomic E-state index is 12.2. The fourth-order valence-corrected chi connectivity index (χ4v) is 3.91. The standard InChI is InChI=1S/C23H23NO4/c1-14-9-15(2)11-16(10-14)24-22(25)13-27-17-7-8-19-18-5-3-4-6-20(18)23(26)28-21(19)12-17/h7-12H,3-6,13H2,1-2H3,(H,24,25). The molecule has 0 atom stereocenters. The summed E-state index contributed by atoms with van der Waals surface area (Å²) in [6.07, 6.45) is 3.79. The first kappa shape index (κ1) is 18.3. The van der Waals surface area contributed by atoms with Crippen molar-refractivity contribution in [2.75, 3.05) is 11.9 Å².